The molecule has 3 rings (SSSR count). The van der Waals surface area contributed by atoms with Gasteiger partial charge in [-0.15, -0.1) is 0 Å². The maximum atomic E-state index is 12.1. The second kappa shape index (κ2) is 8.06. The summed E-state index contributed by atoms with van der Waals surface area (Å²) < 4.78 is 5.92. The minimum absolute atomic E-state index is 0.0107. The van der Waals surface area contributed by atoms with E-state index in [4.69, 9.17) is 39.5 Å². The van der Waals surface area contributed by atoms with Crippen LogP contribution in [0.2, 0.25) is 15.1 Å². The van der Waals surface area contributed by atoms with Gasteiger partial charge in [0.05, 0.1) is 0 Å². The molecule has 0 bridgehead atoms. The molecule has 7 heteroatoms. The zero-order valence-electron chi connectivity index (χ0n) is 14.1. The van der Waals surface area contributed by atoms with Crippen LogP contribution in [0.4, 0.5) is 0 Å². The summed E-state index contributed by atoms with van der Waals surface area (Å²) in [7, 11) is 0. The second-order valence-corrected chi connectivity index (χ2v) is 7.06. The maximum absolute atomic E-state index is 12.1. The molecule has 0 fully saturated rings. The highest BCUT2D eigenvalue weighted by molar-refractivity contribution is 6.36. The van der Waals surface area contributed by atoms with Gasteiger partial charge in [-0.2, -0.15) is 5.26 Å². The Morgan fingerprint density at radius 3 is 2.44 bits per heavy atom. The topological polar surface area (TPSA) is 65.9 Å². The highest BCUT2D eigenvalue weighted by Gasteiger charge is 2.16. The first-order chi connectivity index (χ1) is 12.9. The number of ether oxygens (including phenoxy) is 1. The molecule has 1 N–H and O–H groups in total. The van der Waals surface area contributed by atoms with E-state index < -0.39 is 5.56 Å². The van der Waals surface area contributed by atoms with Crippen molar-refractivity contribution in [1.82, 2.24) is 4.98 Å². The number of H-pyrrole nitrogens is 1. The van der Waals surface area contributed by atoms with Gasteiger partial charge in [-0.1, -0.05) is 40.9 Å². The lowest BCUT2D eigenvalue weighted by Crippen LogP contribution is -2.13. The predicted molar refractivity (Wildman–Crippen MR) is 108 cm³/mol. The van der Waals surface area contributed by atoms with Crippen LogP contribution in [0, 0.1) is 18.3 Å². The lowest BCUT2D eigenvalue weighted by Gasteiger charge is -2.15. The summed E-state index contributed by atoms with van der Waals surface area (Å²) in [6.07, 6.45) is 0. The number of nitrogens with zero attached hydrogens (tertiary/aromatic N) is 1. The summed E-state index contributed by atoms with van der Waals surface area (Å²) in [6.45, 7) is 1.86. The van der Waals surface area contributed by atoms with Gasteiger partial charge in [-0.25, -0.2) is 0 Å². The third-order valence-electron chi connectivity index (χ3n) is 3.95. The van der Waals surface area contributed by atoms with E-state index in [0.29, 0.717) is 43.2 Å². The average Bonchev–Trinajstić information content (AvgIpc) is 2.61. The third kappa shape index (κ3) is 4.12. The molecule has 0 saturated carbocycles. The predicted octanol–water partition coefficient (Wildman–Crippen LogP) is 5.76. The Kier molecular flexibility index (Phi) is 5.76. The number of rotatable bonds is 4. The molecule has 0 aliphatic heterocycles. The van der Waals surface area contributed by atoms with E-state index >= 15 is 0 Å². The van der Waals surface area contributed by atoms with Crippen LogP contribution in [0.25, 0.3) is 11.1 Å². The Hall–Kier alpha value is -2.45. The second-order valence-electron chi connectivity index (χ2n) is 5.81. The highest BCUT2D eigenvalue weighted by Crippen LogP contribution is 2.35. The number of hydrogen-bond acceptors (Lipinski definition) is 3. The van der Waals surface area contributed by atoms with E-state index in [9.17, 15) is 10.1 Å². The lowest BCUT2D eigenvalue weighted by atomic mass is 10.00. The average molecular weight is 420 g/mol. The number of aromatic amines is 1. The summed E-state index contributed by atoms with van der Waals surface area (Å²) in [5.74, 6) is 0.455. The molecule has 0 saturated heterocycles. The summed E-state index contributed by atoms with van der Waals surface area (Å²) in [6, 6.07) is 13.9. The highest BCUT2D eigenvalue weighted by atomic mass is 35.5. The standard InChI is InChI=1S/C20H13Cl3N2O2/c1-11-7-13(15(9-24)20(26)25-11)14-8-12(21)5-6-19(14)27-10-16-17(22)3-2-4-18(16)23/h2-8H,10H2,1H3,(H,25,26). The number of hydrogen-bond donors (Lipinski definition) is 1. The van der Waals surface area contributed by atoms with E-state index in [-0.39, 0.29) is 12.2 Å². The van der Waals surface area contributed by atoms with Gasteiger partial charge < -0.3 is 9.72 Å². The molecule has 0 unspecified atom stereocenters. The summed E-state index contributed by atoms with van der Waals surface area (Å²) in [5, 5.41) is 10.8. The smallest absolute Gasteiger partial charge is 0.266 e. The minimum Gasteiger partial charge on any atom is -0.488 e. The van der Waals surface area contributed by atoms with Gasteiger partial charge in [0.1, 0.15) is 24.0 Å². The summed E-state index contributed by atoms with van der Waals surface area (Å²) in [5.41, 5.74) is 1.77. The molecule has 0 aliphatic carbocycles. The van der Waals surface area contributed by atoms with Crippen LogP contribution in [0.5, 0.6) is 5.75 Å². The molecule has 0 aliphatic rings. The van der Waals surface area contributed by atoms with Crippen LogP contribution in [0.1, 0.15) is 16.8 Å². The van der Waals surface area contributed by atoms with Crippen molar-refractivity contribution in [3.8, 4) is 22.9 Å². The van der Waals surface area contributed by atoms with Crippen LogP contribution >= 0.6 is 34.8 Å². The van der Waals surface area contributed by atoms with Gasteiger partial charge in [-0.3, -0.25) is 4.79 Å². The Labute approximate surface area is 170 Å². The largest absolute Gasteiger partial charge is 0.488 e. The minimum atomic E-state index is -0.465. The number of pyridine rings is 1. The molecule has 1 heterocycles. The number of nitrogens with one attached hydrogen (secondary N) is 1. The molecule has 0 amide bonds. The zero-order valence-corrected chi connectivity index (χ0v) is 16.4. The van der Waals surface area contributed by atoms with Crippen LogP contribution in [0.15, 0.2) is 47.3 Å². The van der Waals surface area contributed by atoms with Crippen LogP contribution in [-0.4, -0.2) is 4.98 Å². The number of aromatic nitrogens is 1. The fourth-order valence-electron chi connectivity index (χ4n) is 2.67. The van der Waals surface area contributed by atoms with Crippen molar-refractivity contribution < 1.29 is 4.74 Å². The normalized spacial score (nSPS) is 10.5. The molecule has 4 nitrogen and oxygen atoms in total. The molecular weight excluding hydrogens is 407 g/mol. The van der Waals surface area contributed by atoms with Crippen molar-refractivity contribution in [1.29, 1.82) is 5.26 Å². The first-order valence-corrected chi connectivity index (χ1v) is 9.03. The van der Waals surface area contributed by atoms with Crippen LogP contribution in [0.3, 0.4) is 0 Å². The monoisotopic (exact) mass is 418 g/mol. The van der Waals surface area contributed by atoms with Crippen molar-refractivity contribution in [2.24, 2.45) is 0 Å². The number of benzene rings is 2. The van der Waals surface area contributed by atoms with Gasteiger partial charge in [0.15, 0.2) is 0 Å². The van der Waals surface area contributed by atoms with E-state index in [1.165, 1.54) is 0 Å². The van der Waals surface area contributed by atoms with Crippen LogP contribution in [-0.2, 0) is 6.61 Å². The van der Waals surface area contributed by atoms with Gasteiger partial charge in [0, 0.05) is 37.5 Å². The van der Waals surface area contributed by atoms with Gasteiger partial charge in [-0.05, 0) is 43.3 Å². The van der Waals surface area contributed by atoms with Crippen molar-refractivity contribution >= 4 is 34.8 Å². The van der Waals surface area contributed by atoms with E-state index in [1.54, 1.807) is 49.4 Å². The fourth-order valence-corrected chi connectivity index (χ4v) is 3.35. The first-order valence-electron chi connectivity index (χ1n) is 7.90. The number of halogens is 3. The molecule has 3 aromatic rings. The molecule has 1 aromatic heterocycles. The Bertz CT molecular complexity index is 1100. The molecule has 0 atom stereocenters. The van der Waals surface area contributed by atoms with Gasteiger partial charge in [0.2, 0.25) is 0 Å². The summed E-state index contributed by atoms with van der Waals surface area (Å²) >= 11 is 18.5. The fraction of sp³-hybridized carbons (Fsp3) is 0.100. The molecule has 136 valence electrons. The van der Waals surface area contributed by atoms with Gasteiger partial charge in [0.25, 0.3) is 5.56 Å². The molecule has 27 heavy (non-hydrogen) atoms. The van der Waals surface area contributed by atoms with Crippen molar-refractivity contribution in [2.45, 2.75) is 13.5 Å². The number of aryl methyl sites for hydroxylation is 1. The van der Waals surface area contributed by atoms with Crippen molar-refractivity contribution in [3.63, 3.8) is 0 Å². The van der Waals surface area contributed by atoms with E-state index in [1.807, 2.05) is 6.07 Å². The zero-order chi connectivity index (χ0) is 19.6. The van der Waals surface area contributed by atoms with Gasteiger partial charge >= 0.3 is 0 Å². The Balaban J connectivity index is 2.08. The lowest BCUT2D eigenvalue weighted by molar-refractivity contribution is 0.307. The van der Waals surface area contributed by atoms with E-state index in [2.05, 4.69) is 4.98 Å². The molecular formula is C20H13Cl3N2O2. The first kappa shape index (κ1) is 19.3. The quantitative estimate of drug-likeness (QED) is 0.584. The SMILES string of the molecule is Cc1cc(-c2cc(Cl)ccc2OCc2c(Cl)cccc2Cl)c(C#N)c(=O)[nH]1. The van der Waals surface area contributed by atoms with Crippen molar-refractivity contribution in [3.05, 3.63) is 84.7 Å². The molecule has 0 radical (unpaired) electrons. The Morgan fingerprint density at radius 2 is 1.78 bits per heavy atom. The maximum Gasteiger partial charge on any atom is 0.266 e. The molecule has 2 aromatic carbocycles. The Morgan fingerprint density at radius 1 is 1.07 bits per heavy atom. The molecule has 0 spiro atoms. The number of nitriles is 1. The van der Waals surface area contributed by atoms with E-state index in [0.717, 1.165) is 0 Å². The third-order valence-corrected chi connectivity index (χ3v) is 4.89. The van der Waals surface area contributed by atoms with Crippen LogP contribution < -0.4 is 10.3 Å². The van der Waals surface area contributed by atoms with Crippen molar-refractivity contribution in [2.75, 3.05) is 0 Å². The summed E-state index contributed by atoms with van der Waals surface area (Å²) in [4.78, 5) is 14.8.